The lowest BCUT2D eigenvalue weighted by atomic mass is 10.1. The van der Waals surface area contributed by atoms with Crippen LogP contribution in [0.3, 0.4) is 0 Å². The molecule has 0 bridgehead atoms. The number of nitrogens with one attached hydrogen (secondary N) is 1. The summed E-state index contributed by atoms with van der Waals surface area (Å²) in [7, 11) is 0. The van der Waals surface area contributed by atoms with E-state index in [-0.39, 0.29) is 5.91 Å². The van der Waals surface area contributed by atoms with Gasteiger partial charge in [-0.05, 0) is 59.0 Å². The number of fused-ring (bicyclic) bond motifs is 1. The minimum Gasteiger partial charge on any atom is -0.304 e. The van der Waals surface area contributed by atoms with Gasteiger partial charge in [0, 0.05) is 29.0 Å². The molecule has 1 radical (unpaired) electrons. The fourth-order valence-corrected chi connectivity index (χ4v) is 4.23. The summed E-state index contributed by atoms with van der Waals surface area (Å²) >= 11 is 3.66. The Morgan fingerprint density at radius 2 is 2.10 bits per heavy atom. The molecule has 0 atom stereocenters. The summed E-state index contributed by atoms with van der Waals surface area (Å²) in [6.45, 7) is 0.770. The molecule has 1 fully saturated rings. The summed E-state index contributed by atoms with van der Waals surface area (Å²) in [5.74, 6) is 1.14. The molecule has 0 unspecified atom stereocenters. The molecule has 31 heavy (non-hydrogen) atoms. The number of aromatic nitrogens is 4. The third-order valence-electron chi connectivity index (χ3n) is 5.50. The van der Waals surface area contributed by atoms with E-state index >= 15 is 0 Å². The Kier molecular flexibility index (Phi) is 5.51. The third-order valence-corrected chi connectivity index (χ3v) is 6.11. The lowest BCUT2D eigenvalue weighted by Crippen LogP contribution is -2.13. The summed E-state index contributed by atoms with van der Waals surface area (Å²) in [5, 5.41) is 8.47. The van der Waals surface area contributed by atoms with Crippen molar-refractivity contribution in [2.24, 2.45) is 5.92 Å². The first kappa shape index (κ1) is 19.9. The highest BCUT2D eigenvalue weighted by Gasteiger charge is 2.22. The largest absolute Gasteiger partial charge is 0.304 e. The molecule has 3 aromatic heterocycles. The van der Waals surface area contributed by atoms with Crippen molar-refractivity contribution in [1.29, 1.82) is 0 Å². The number of hydrogen-bond acceptors (Lipinski definition) is 4. The van der Waals surface area contributed by atoms with Crippen molar-refractivity contribution in [2.45, 2.75) is 32.2 Å². The van der Waals surface area contributed by atoms with Crippen LogP contribution in [0, 0.1) is 12.0 Å². The molecule has 1 aromatic carbocycles. The molecule has 0 aliphatic heterocycles. The highest BCUT2D eigenvalue weighted by molar-refractivity contribution is 9.10. The maximum Gasteiger partial charge on any atom is 0.258 e. The third kappa shape index (κ3) is 4.37. The van der Waals surface area contributed by atoms with Gasteiger partial charge in [-0.25, -0.2) is 9.67 Å². The van der Waals surface area contributed by atoms with Crippen molar-refractivity contribution >= 4 is 38.7 Å². The first-order chi connectivity index (χ1) is 15.2. The van der Waals surface area contributed by atoms with Crippen LogP contribution in [0.25, 0.3) is 22.3 Å². The van der Waals surface area contributed by atoms with Gasteiger partial charge in [-0.3, -0.25) is 9.78 Å². The van der Waals surface area contributed by atoms with Crippen LogP contribution in [0.5, 0.6) is 0 Å². The number of carbonyl (C=O) groups excluding carboxylic acids is 1. The number of nitrogens with zero attached hydrogens (tertiary/aromatic N) is 4. The molecule has 1 saturated carbocycles. The average molecular weight is 475 g/mol. The smallest absolute Gasteiger partial charge is 0.258 e. The number of hydrogen-bond donors (Lipinski definition) is 1. The number of rotatable bonds is 7. The second kappa shape index (κ2) is 8.59. The number of benzene rings is 1. The molecule has 5 rings (SSSR count). The summed E-state index contributed by atoms with van der Waals surface area (Å²) < 4.78 is 2.77. The van der Waals surface area contributed by atoms with Gasteiger partial charge in [0.1, 0.15) is 0 Å². The van der Waals surface area contributed by atoms with E-state index in [9.17, 15) is 4.79 Å². The number of anilines is 1. The maximum atomic E-state index is 12.7. The SMILES string of the molecule is O=C(Nc1nn(CCCC2CC2)c2nc(-c3cc[c]cc3)c(Br)cc12)c1cccnc1. The van der Waals surface area contributed by atoms with Crippen molar-refractivity contribution in [1.82, 2.24) is 19.7 Å². The highest BCUT2D eigenvalue weighted by Crippen LogP contribution is 2.35. The average Bonchev–Trinajstić information content (AvgIpc) is 3.57. The van der Waals surface area contributed by atoms with Gasteiger partial charge in [0.2, 0.25) is 0 Å². The predicted octanol–water partition coefficient (Wildman–Crippen LogP) is 5.50. The molecule has 4 aromatic rings. The highest BCUT2D eigenvalue weighted by atomic mass is 79.9. The zero-order valence-electron chi connectivity index (χ0n) is 16.9. The lowest BCUT2D eigenvalue weighted by Gasteiger charge is -2.07. The van der Waals surface area contributed by atoms with E-state index in [1.165, 1.54) is 19.3 Å². The summed E-state index contributed by atoms with van der Waals surface area (Å²) in [4.78, 5) is 21.7. The van der Waals surface area contributed by atoms with Crippen molar-refractivity contribution in [2.75, 3.05) is 5.32 Å². The molecule has 1 amide bonds. The molecule has 0 spiro atoms. The summed E-state index contributed by atoms with van der Waals surface area (Å²) in [6, 6.07) is 16.2. The van der Waals surface area contributed by atoms with Gasteiger partial charge >= 0.3 is 0 Å². The maximum absolute atomic E-state index is 12.7. The van der Waals surface area contributed by atoms with Crippen LogP contribution in [0.4, 0.5) is 5.82 Å². The minimum atomic E-state index is -0.239. The van der Waals surface area contributed by atoms with Crippen LogP contribution in [0.2, 0.25) is 0 Å². The van der Waals surface area contributed by atoms with Crippen LogP contribution >= 0.6 is 15.9 Å². The molecule has 155 valence electrons. The van der Waals surface area contributed by atoms with E-state index in [0.29, 0.717) is 11.4 Å². The van der Waals surface area contributed by atoms with Crippen LogP contribution in [-0.2, 0) is 6.54 Å². The Balaban J connectivity index is 1.53. The van der Waals surface area contributed by atoms with Gasteiger partial charge in [0.05, 0.1) is 16.6 Å². The first-order valence-electron chi connectivity index (χ1n) is 10.4. The Labute approximate surface area is 188 Å². The van der Waals surface area contributed by atoms with Gasteiger partial charge < -0.3 is 5.32 Å². The molecule has 0 saturated heterocycles. The molecular formula is C24H21BrN5O. The van der Waals surface area contributed by atoms with Gasteiger partial charge in [0.15, 0.2) is 11.5 Å². The molecule has 6 nitrogen and oxygen atoms in total. The number of amides is 1. The second-order valence-electron chi connectivity index (χ2n) is 7.83. The topological polar surface area (TPSA) is 72.7 Å². The Morgan fingerprint density at radius 1 is 1.26 bits per heavy atom. The monoisotopic (exact) mass is 474 g/mol. The van der Waals surface area contributed by atoms with Crippen LogP contribution in [0.15, 0.2) is 59.3 Å². The lowest BCUT2D eigenvalue weighted by molar-refractivity contribution is 0.102. The molecule has 7 heteroatoms. The van der Waals surface area contributed by atoms with E-state index < -0.39 is 0 Å². The fraction of sp³-hybridized carbons (Fsp3) is 0.250. The predicted molar refractivity (Wildman–Crippen MR) is 124 cm³/mol. The normalized spacial score (nSPS) is 13.5. The zero-order chi connectivity index (χ0) is 21.2. The molecule has 1 aliphatic carbocycles. The van der Waals surface area contributed by atoms with Crippen molar-refractivity contribution in [3.8, 4) is 11.3 Å². The first-order valence-corrected chi connectivity index (χ1v) is 11.2. The number of halogens is 1. The minimum absolute atomic E-state index is 0.239. The zero-order valence-corrected chi connectivity index (χ0v) is 18.5. The van der Waals surface area contributed by atoms with E-state index in [2.05, 4.69) is 32.3 Å². The molecule has 1 aliphatic rings. The summed E-state index contributed by atoms with van der Waals surface area (Å²) in [6.07, 6.45) is 8.12. The Bertz CT molecular complexity index is 1220. The van der Waals surface area contributed by atoms with Gasteiger partial charge in [-0.1, -0.05) is 37.1 Å². The van der Waals surface area contributed by atoms with E-state index in [1.807, 2.05) is 35.0 Å². The number of aryl methyl sites for hydroxylation is 1. The molecule has 1 N–H and O–H groups in total. The fourth-order valence-electron chi connectivity index (χ4n) is 3.68. The Hall–Kier alpha value is -3.06. The van der Waals surface area contributed by atoms with E-state index in [0.717, 1.165) is 45.6 Å². The van der Waals surface area contributed by atoms with Crippen molar-refractivity contribution < 1.29 is 4.79 Å². The quantitative estimate of drug-likeness (QED) is 0.383. The van der Waals surface area contributed by atoms with E-state index in [1.54, 1.807) is 24.5 Å². The van der Waals surface area contributed by atoms with Crippen molar-refractivity contribution in [3.63, 3.8) is 0 Å². The second-order valence-corrected chi connectivity index (χ2v) is 8.69. The standard InChI is InChI=1S/C24H21BrN5O/c25-20-14-19-22(28-24(31)18-9-4-12-26-15-18)29-30(13-5-6-16-10-11-16)23(19)27-21(20)17-7-2-1-3-8-17/h2-4,7-9,12,14-16H,5-6,10-11,13H2,(H,28,29,31). The van der Waals surface area contributed by atoms with Crippen LogP contribution < -0.4 is 5.32 Å². The number of carbonyl (C=O) groups is 1. The number of pyridine rings is 2. The Morgan fingerprint density at radius 3 is 2.84 bits per heavy atom. The van der Waals surface area contributed by atoms with Crippen LogP contribution in [-0.4, -0.2) is 25.7 Å². The van der Waals surface area contributed by atoms with Gasteiger partial charge in [0.25, 0.3) is 5.91 Å². The summed E-state index contributed by atoms with van der Waals surface area (Å²) in [5.41, 5.74) is 3.10. The van der Waals surface area contributed by atoms with Crippen LogP contribution in [0.1, 0.15) is 36.0 Å². The molecule has 3 heterocycles. The van der Waals surface area contributed by atoms with Gasteiger partial charge in [-0.15, -0.1) is 0 Å². The van der Waals surface area contributed by atoms with Crippen molar-refractivity contribution in [3.05, 3.63) is 71.0 Å². The molecular weight excluding hydrogens is 454 g/mol. The van der Waals surface area contributed by atoms with E-state index in [4.69, 9.17) is 10.1 Å². The van der Waals surface area contributed by atoms with Gasteiger partial charge in [-0.2, -0.15) is 5.10 Å².